The van der Waals surface area contributed by atoms with E-state index in [0.29, 0.717) is 0 Å². The molecule has 1 aliphatic rings. The van der Waals surface area contributed by atoms with Crippen molar-refractivity contribution in [2.75, 3.05) is 13.1 Å². The Bertz CT molecular complexity index is 230. The van der Waals surface area contributed by atoms with Gasteiger partial charge in [-0.3, -0.25) is 0 Å². The number of nitrogens with one attached hydrogen (secondary N) is 1. The molecule has 2 atom stereocenters. The van der Waals surface area contributed by atoms with Crippen LogP contribution in [0.15, 0.2) is 23.0 Å². The van der Waals surface area contributed by atoms with Crippen LogP contribution in [-0.4, -0.2) is 13.1 Å². The Kier molecular flexibility index (Phi) is 2.17. The lowest BCUT2D eigenvalue weighted by Gasteiger charge is -1.97. The van der Waals surface area contributed by atoms with Crippen LogP contribution in [0.1, 0.15) is 24.8 Å². The summed E-state index contributed by atoms with van der Waals surface area (Å²) in [4.78, 5) is 0. The van der Waals surface area contributed by atoms with Gasteiger partial charge in [0.1, 0.15) is 0 Å². The summed E-state index contributed by atoms with van der Waals surface area (Å²) in [6, 6.07) is 2.08. The Morgan fingerprint density at radius 3 is 3.25 bits per heavy atom. The van der Waals surface area contributed by atoms with Crippen molar-refractivity contribution >= 4 is 0 Å². The second-order valence-corrected chi connectivity index (χ2v) is 3.47. The lowest BCUT2D eigenvalue weighted by Crippen LogP contribution is -2.16. The molecule has 1 heterocycles. The van der Waals surface area contributed by atoms with Crippen LogP contribution < -0.4 is 5.32 Å². The fourth-order valence-electron chi connectivity index (χ4n) is 1.70. The molecule has 1 aromatic heterocycles. The lowest BCUT2D eigenvalue weighted by molar-refractivity contribution is 0.562. The molecule has 1 saturated carbocycles. The molecule has 1 aromatic rings. The van der Waals surface area contributed by atoms with Crippen molar-refractivity contribution in [2.45, 2.75) is 19.3 Å². The summed E-state index contributed by atoms with van der Waals surface area (Å²) in [6.07, 6.45) is 4.96. The number of rotatable bonds is 4. The van der Waals surface area contributed by atoms with E-state index in [1.165, 1.54) is 12.0 Å². The predicted octanol–water partition coefficient (Wildman–Crippen LogP) is 1.99. The van der Waals surface area contributed by atoms with Gasteiger partial charge < -0.3 is 9.73 Å². The molecular formula is C10H15NO. The monoisotopic (exact) mass is 165 g/mol. The minimum atomic E-state index is 0.766. The van der Waals surface area contributed by atoms with Crippen molar-refractivity contribution in [2.24, 2.45) is 5.92 Å². The van der Waals surface area contributed by atoms with E-state index in [9.17, 15) is 0 Å². The van der Waals surface area contributed by atoms with Crippen LogP contribution in [0.3, 0.4) is 0 Å². The van der Waals surface area contributed by atoms with Crippen LogP contribution in [0.25, 0.3) is 0 Å². The molecule has 0 spiro atoms. The highest BCUT2D eigenvalue weighted by molar-refractivity contribution is 5.21. The van der Waals surface area contributed by atoms with Crippen LogP contribution in [0.2, 0.25) is 0 Å². The topological polar surface area (TPSA) is 25.2 Å². The van der Waals surface area contributed by atoms with Crippen LogP contribution in [0.4, 0.5) is 0 Å². The summed E-state index contributed by atoms with van der Waals surface area (Å²) in [6.45, 7) is 4.39. The van der Waals surface area contributed by atoms with Gasteiger partial charge in [0.25, 0.3) is 0 Å². The van der Waals surface area contributed by atoms with Crippen molar-refractivity contribution in [3.63, 3.8) is 0 Å². The van der Waals surface area contributed by atoms with Gasteiger partial charge in [-0.2, -0.15) is 0 Å². The molecule has 0 saturated heterocycles. The van der Waals surface area contributed by atoms with Crippen LogP contribution in [0, 0.1) is 5.92 Å². The SMILES string of the molecule is CCNCC1CC1c1ccoc1. The van der Waals surface area contributed by atoms with Crippen molar-refractivity contribution in [1.82, 2.24) is 5.32 Å². The molecule has 66 valence electrons. The van der Waals surface area contributed by atoms with Crippen LogP contribution >= 0.6 is 0 Å². The van der Waals surface area contributed by atoms with Gasteiger partial charge in [0.05, 0.1) is 12.5 Å². The minimum Gasteiger partial charge on any atom is -0.472 e. The van der Waals surface area contributed by atoms with Gasteiger partial charge >= 0.3 is 0 Å². The zero-order valence-electron chi connectivity index (χ0n) is 7.42. The largest absolute Gasteiger partial charge is 0.472 e. The number of hydrogen-bond donors (Lipinski definition) is 1. The molecule has 2 unspecified atom stereocenters. The first kappa shape index (κ1) is 7.87. The lowest BCUT2D eigenvalue weighted by atomic mass is 10.2. The normalized spacial score (nSPS) is 27.4. The first-order valence-electron chi connectivity index (χ1n) is 4.64. The fourth-order valence-corrected chi connectivity index (χ4v) is 1.70. The summed E-state index contributed by atoms with van der Waals surface area (Å²) < 4.78 is 5.05. The molecule has 0 bridgehead atoms. The standard InChI is InChI=1S/C10H15NO/c1-2-11-6-9-5-10(9)8-3-4-12-7-8/h3-4,7,9-11H,2,5-6H2,1H3. The highest BCUT2D eigenvalue weighted by Gasteiger charge is 2.38. The Labute approximate surface area is 73.0 Å². The maximum Gasteiger partial charge on any atom is 0.0937 e. The second kappa shape index (κ2) is 3.31. The zero-order chi connectivity index (χ0) is 8.39. The molecule has 0 aromatic carbocycles. The Hall–Kier alpha value is -0.760. The van der Waals surface area contributed by atoms with Gasteiger partial charge in [0.15, 0.2) is 0 Å². The third-order valence-corrected chi connectivity index (χ3v) is 2.55. The summed E-state index contributed by atoms with van der Waals surface area (Å²) in [5.74, 6) is 1.62. The molecule has 2 rings (SSSR count). The first-order chi connectivity index (χ1) is 5.92. The zero-order valence-corrected chi connectivity index (χ0v) is 7.42. The maximum atomic E-state index is 5.05. The average molecular weight is 165 g/mol. The van der Waals surface area contributed by atoms with Crippen molar-refractivity contribution in [1.29, 1.82) is 0 Å². The number of furan rings is 1. The Morgan fingerprint density at radius 1 is 1.67 bits per heavy atom. The Balaban J connectivity index is 1.81. The molecule has 1 N–H and O–H groups in total. The smallest absolute Gasteiger partial charge is 0.0937 e. The van der Waals surface area contributed by atoms with Crippen molar-refractivity contribution in [3.8, 4) is 0 Å². The first-order valence-corrected chi connectivity index (χ1v) is 4.64. The van der Waals surface area contributed by atoms with E-state index in [1.54, 1.807) is 6.26 Å². The summed E-state index contributed by atoms with van der Waals surface area (Å²) in [5.41, 5.74) is 1.37. The van der Waals surface area contributed by atoms with E-state index in [4.69, 9.17) is 4.42 Å². The van der Waals surface area contributed by atoms with E-state index in [1.807, 2.05) is 6.26 Å². The molecule has 2 nitrogen and oxygen atoms in total. The Morgan fingerprint density at radius 2 is 2.58 bits per heavy atom. The molecular weight excluding hydrogens is 150 g/mol. The minimum absolute atomic E-state index is 0.766. The van der Waals surface area contributed by atoms with Gasteiger partial charge in [0.2, 0.25) is 0 Å². The molecule has 1 aliphatic carbocycles. The van der Waals surface area contributed by atoms with Crippen molar-refractivity contribution < 1.29 is 4.42 Å². The van der Waals surface area contributed by atoms with Crippen molar-refractivity contribution in [3.05, 3.63) is 24.2 Å². The predicted molar refractivity (Wildman–Crippen MR) is 48.1 cm³/mol. The van der Waals surface area contributed by atoms with Gasteiger partial charge in [0, 0.05) is 0 Å². The molecule has 0 amide bonds. The van der Waals surface area contributed by atoms with E-state index in [2.05, 4.69) is 18.3 Å². The molecule has 1 fully saturated rings. The van der Waals surface area contributed by atoms with Gasteiger partial charge in [-0.15, -0.1) is 0 Å². The van der Waals surface area contributed by atoms with E-state index >= 15 is 0 Å². The summed E-state index contributed by atoms with van der Waals surface area (Å²) >= 11 is 0. The van der Waals surface area contributed by atoms with E-state index in [-0.39, 0.29) is 0 Å². The maximum absolute atomic E-state index is 5.05. The fraction of sp³-hybridized carbons (Fsp3) is 0.600. The van der Waals surface area contributed by atoms with E-state index in [0.717, 1.165) is 24.9 Å². The van der Waals surface area contributed by atoms with Gasteiger partial charge in [-0.05, 0) is 43.0 Å². The van der Waals surface area contributed by atoms with Crippen LogP contribution in [0.5, 0.6) is 0 Å². The molecule has 0 aliphatic heterocycles. The van der Waals surface area contributed by atoms with Gasteiger partial charge in [-0.1, -0.05) is 6.92 Å². The van der Waals surface area contributed by atoms with Gasteiger partial charge in [-0.25, -0.2) is 0 Å². The highest BCUT2D eigenvalue weighted by atomic mass is 16.3. The third kappa shape index (κ3) is 1.53. The average Bonchev–Trinajstić information content (AvgIpc) is 2.64. The van der Waals surface area contributed by atoms with E-state index < -0.39 is 0 Å². The molecule has 12 heavy (non-hydrogen) atoms. The summed E-state index contributed by atoms with van der Waals surface area (Å²) in [5, 5.41) is 3.37. The third-order valence-electron chi connectivity index (χ3n) is 2.55. The molecule has 0 radical (unpaired) electrons. The quantitative estimate of drug-likeness (QED) is 0.738. The summed E-state index contributed by atoms with van der Waals surface area (Å²) in [7, 11) is 0. The second-order valence-electron chi connectivity index (χ2n) is 3.47. The number of hydrogen-bond acceptors (Lipinski definition) is 2. The molecule has 2 heteroatoms. The van der Waals surface area contributed by atoms with Crippen LogP contribution in [-0.2, 0) is 0 Å². The highest BCUT2D eigenvalue weighted by Crippen LogP contribution is 2.46.